The number of carboxylic acids is 1. The first-order chi connectivity index (χ1) is 11.2. The Kier molecular flexibility index (Phi) is 16.0. The summed E-state index contributed by atoms with van der Waals surface area (Å²) in [6, 6.07) is 0. The van der Waals surface area contributed by atoms with Gasteiger partial charge >= 0.3 is 5.97 Å². The molecule has 0 aliphatic carbocycles. The minimum absolute atomic E-state index is 0.115. The SMILES string of the molecule is CCCCCCCCC=CCC=CC=CC(O)CCCC(=O)O. The van der Waals surface area contributed by atoms with Gasteiger partial charge in [-0.3, -0.25) is 4.79 Å². The van der Waals surface area contributed by atoms with E-state index in [1.54, 1.807) is 6.08 Å². The molecule has 3 heteroatoms. The highest BCUT2D eigenvalue weighted by atomic mass is 16.4. The molecule has 132 valence electrons. The first-order valence-electron chi connectivity index (χ1n) is 9.05. The highest BCUT2D eigenvalue weighted by Crippen LogP contribution is 2.07. The number of aliphatic hydroxyl groups is 1. The number of aliphatic hydroxyl groups excluding tert-OH is 1. The molecular formula is C20H34O3. The Balaban J connectivity index is 3.49. The second-order valence-electron chi connectivity index (χ2n) is 5.93. The number of unbranched alkanes of at least 4 members (excludes halogenated alkanes) is 6. The topological polar surface area (TPSA) is 57.5 Å². The first-order valence-corrected chi connectivity index (χ1v) is 9.05. The monoisotopic (exact) mass is 322 g/mol. The predicted molar refractivity (Wildman–Crippen MR) is 97.5 cm³/mol. The summed E-state index contributed by atoms with van der Waals surface area (Å²) in [7, 11) is 0. The lowest BCUT2D eigenvalue weighted by Crippen LogP contribution is -2.03. The molecule has 23 heavy (non-hydrogen) atoms. The molecule has 3 nitrogen and oxygen atoms in total. The van der Waals surface area contributed by atoms with Crippen LogP contribution in [0.25, 0.3) is 0 Å². The van der Waals surface area contributed by atoms with Gasteiger partial charge in [0.1, 0.15) is 0 Å². The van der Waals surface area contributed by atoms with Crippen LogP contribution in [0.5, 0.6) is 0 Å². The number of aliphatic carboxylic acids is 1. The van der Waals surface area contributed by atoms with Gasteiger partial charge < -0.3 is 10.2 Å². The quantitative estimate of drug-likeness (QED) is 0.241. The largest absolute Gasteiger partial charge is 0.481 e. The number of rotatable bonds is 15. The van der Waals surface area contributed by atoms with Crippen LogP contribution in [-0.2, 0) is 4.79 Å². The summed E-state index contributed by atoms with van der Waals surface area (Å²) in [5, 5.41) is 18.1. The van der Waals surface area contributed by atoms with E-state index < -0.39 is 12.1 Å². The van der Waals surface area contributed by atoms with Crippen molar-refractivity contribution in [2.24, 2.45) is 0 Å². The molecular weight excluding hydrogens is 288 g/mol. The zero-order chi connectivity index (χ0) is 17.2. The third-order valence-electron chi connectivity index (χ3n) is 3.63. The van der Waals surface area contributed by atoms with Gasteiger partial charge in [-0.25, -0.2) is 0 Å². The standard InChI is InChI=1S/C20H34O3/c1-2-3-4-5-6-7-8-9-10-11-12-13-14-16-19(21)17-15-18-20(22)23/h9-10,12-14,16,19,21H,2-8,11,15,17-18H2,1H3,(H,22,23). The van der Waals surface area contributed by atoms with Gasteiger partial charge in [0.15, 0.2) is 0 Å². The average Bonchev–Trinajstić information content (AvgIpc) is 2.51. The summed E-state index contributed by atoms with van der Waals surface area (Å²) >= 11 is 0. The first kappa shape index (κ1) is 21.6. The summed E-state index contributed by atoms with van der Waals surface area (Å²) in [5.41, 5.74) is 0. The van der Waals surface area contributed by atoms with Crippen molar-refractivity contribution in [2.75, 3.05) is 0 Å². The maximum atomic E-state index is 10.3. The average molecular weight is 322 g/mol. The van der Waals surface area contributed by atoms with Crippen LogP contribution in [0.15, 0.2) is 36.5 Å². The molecule has 0 saturated carbocycles. The van der Waals surface area contributed by atoms with Gasteiger partial charge in [0.25, 0.3) is 0 Å². The zero-order valence-electron chi connectivity index (χ0n) is 14.6. The molecule has 2 N–H and O–H groups in total. The molecule has 0 aliphatic rings. The molecule has 0 amide bonds. The highest BCUT2D eigenvalue weighted by molar-refractivity contribution is 5.66. The van der Waals surface area contributed by atoms with Crippen LogP contribution in [0.3, 0.4) is 0 Å². The van der Waals surface area contributed by atoms with Gasteiger partial charge in [0.05, 0.1) is 6.10 Å². The molecule has 1 atom stereocenters. The van der Waals surface area contributed by atoms with E-state index in [0.717, 1.165) is 12.8 Å². The number of hydrogen-bond acceptors (Lipinski definition) is 2. The van der Waals surface area contributed by atoms with Gasteiger partial charge in [-0.1, -0.05) is 75.5 Å². The summed E-state index contributed by atoms with van der Waals surface area (Å²) in [4.78, 5) is 10.3. The molecule has 0 rings (SSSR count). The Morgan fingerprint density at radius 1 is 0.957 bits per heavy atom. The van der Waals surface area contributed by atoms with E-state index in [-0.39, 0.29) is 6.42 Å². The van der Waals surface area contributed by atoms with E-state index in [1.165, 1.54) is 38.5 Å². The Hall–Kier alpha value is -1.35. The van der Waals surface area contributed by atoms with Gasteiger partial charge in [-0.2, -0.15) is 0 Å². The van der Waals surface area contributed by atoms with Gasteiger partial charge in [-0.05, 0) is 32.1 Å². The summed E-state index contributed by atoms with van der Waals surface area (Å²) in [5.74, 6) is -0.811. The number of carboxylic acid groups (broad SMARTS) is 1. The van der Waals surface area contributed by atoms with E-state index in [2.05, 4.69) is 25.2 Å². The third kappa shape index (κ3) is 18.6. The van der Waals surface area contributed by atoms with Crippen molar-refractivity contribution in [3.05, 3.63) is 36.5 Å². The molecule has 0 bridgehead atoms. The maximum Gasteiger partial charge on any atom is 0.303 e. The lowest BCUT2D eigenvalue weighted by Gasteiger charge is -2.02. The van der Waals surface area contributed by atoms with Crippen LogP contribution >= 0.6 is 0 Å². The summed E-state index contributed by atoms with van der Waals surface area (Å²) in [6.07, 6.45) is 22.6. The van der Waals surface area contributed by atoms with Crippen molar-refractivity contribution in [1.82, 2.24) is 0 Å². The molecule has 1 unspecified atom stereocenters. The molecule has 0 saturated heterocycles. The van der Waals surface area contributed by atoms with Crippen LogP contribution in [0.1, 0.15) is 77.6 Å². The molecule has 0 aromatic rings. The van der Waals surface area contributed by atoms with Crippen LogP contribution < -0.4 is 0 Å². The zero-order valence-corrected chi connectivity index (χ0v) is 14.6. The molecule has 0 radical (unpaired) electrons. The Bertz CT molecular complexity index is 356. The van der Waals surface area contributed by atoms with Crippen molar-refractivity contribution in [3.63, 3.8) is 0 Å². The lowest BCUT2D eigenvalue weighted by molar-refractivity contribution is -0.137. The van der Waals surface area contributed by atoms with Crippen molar-refractivity contribution in [2.45, 2.75) is 83.7 Å². The third-order valence-corrected chi connectivity index (χ3v) is 3.63. The smallest absolute Gasteiger partial charge is 0.303 e. The highest BCUT2D eigenvalue weighted by Gasteiger charge is 2.01. The lowest BCUT2D eigenvalue weighted by atomic mass is 10.1. The molecule has 0 aliphatic heterocycles. The summed E-state index contributed by atoms with van der Waals surface area (Å²) < 4.78 is 0. The summed E-state index contributed by atoms with van der Waals surface area (Å²) in [6.45, 7) is 2.24. The van der Waals surface area contributed by atoms with Crippen LogP contribution in [0.4, 0.5) is 0 Å². The fourth-order valence-corrected chi connectivity index (χ4v) is 2.24. The maximum absolute atomic E-state index is 10.3. The molecule has 0 heterocycles. The second kappa shape index (κ2) is 17.0. The minimum Gasteiger partial charge on any atom is -0.481 e. The molecule has 0 aromatic heterocycles. The van der Waals surface area contributed by atoms with E-state index >= 15 is 0 Å². The van der Waals surface area contributed by atoms with Crippen molar-refractivity contribution < 1.29 is 15.0 Å². The van der Waals surface area contributed by atoms with Crippen LogP contribution in [0.2, 0.25) is 0 Å². The van der Waals surface area contributed by atoms with Gasteiger partial charge in [0.2, 0.25) is 0 Å². The Labute approximate surface area is 141 Å². The number of hydrogen-bond donors (Lipinski definition) is 2. The van der Waals surface area contributed by atoms with E-state index in [1.807, 2.05) is 12.2 Å². The number of allylic oxidation sites excluding steroid dienone is 5. The fourth-order valence-electron chi connectivity index (χ4n) is 2.24. The van der Waals surface area contributed by atoms with Crippen LogP contribution in [0, 0.1) is 0 Å². The van der Waals surface area contributed by atoms with E-state index in [4.69, 9.17) is 5.11 Å². The van der Waals surface area contributed by atoms with E-state index in [0.29, 0.717) is 12.8 Å². The molecule has 0 spiro atoms. The fraction of sp³-hybridized carbons (Fsp3) is 0.650. The van der Waals surface area contributed by atoms with Crippen LogP contribution in [-0.4, -0.2) is 22.3 Å². The minimum atomic E-state index is -0.811. The molecule has 0 fully saturated rings. The Morgan fingerprint density at radius 3 is 2.43 bits per heavy atom. The van der Waals surface area contributed by atoms with Crippen molar-refractivity contribution in [3.8, 4) is 0 Å². The molecule has 0 aromatic carbocycles. The van der Waals surface area contributed by atoms with Crippen molar-refractivity contribution >= 4 is 5.97 Å². The number of carbonyl (C=O) groups is 1. The predicted octanol–water partition coefficient (Wildman–Crippen LogP) is 5.41. The van der Waals surface area contributed by atoms with E-state index in [9.17, 15) is 9.90 Å². The van der Waals surface area contributed by atoms with Crippen molar-refractivity contribution in [1.29, 1.82) is 0 Å². The Morgan fingerprint density at radius 2 is 1.70 bits per heavy atom. The second-order valence-corrected chi connectivity index (χ2v) is 5.93. The van der Waals surface area contributed by atoms with Gasteiger partial charge in [0, 0.05) is 6.42 Å². The van der Waals surface area contributed by atoms with Gasteiger partial charge in [-0.15, -0.1) is 0 Å². The normalized spacial score (nSPS) is 13.5.